The Morgan fingerprint density at radius 3 is 2.55 bits per heavy atom. The summed E-state index contributed by atoms with van der Waals surface area (Å²) in [6, 6.07) is 12.3. The van der Waals surface area contributed by atoms with E-state index in [0.29, 0.717) is 23.1 Å². The van der Waals surface area contributed by atoms with Gasteiger partial charge >= 0.3 is 0 Å². The molecular weight excluding hydrogens is 405 g/mol. The molecule has 0 unspecified atom stereocenters. The second-order valence-corrected chi connectivity index (χ2v) is 7.83. The smallest absolute Gasteiger partial charge is 0.180 e. The van der Waals surface area contributed by atoms with Gasteiger partial charge in [0.1, 0.15) is 6.61 Å². The highest BCUT2D eigenvalue weighted by atomic mass is 35.5. The Morgan fingerprint density at radius 1 is 1.07 bits per heavy atom. The van der Waals surface area contributed by atoms with Crippen LogP contribution in [-0.2, 0) is 13.2 Å². The quantitative estimate of drug-likeness (QED) is 0.353. The highest BCUT2D eigenvalue weighted by Gasteiger charge is 2.12. The van der Waals surface area contributed by atoms with Crippen LogP contribution in [0.15, 0.2) is 48.0 Å². The van der Waals surface area contributed by atoms with Gasteiger partial charge in [-0.25, -0.2) is 0 Å². The average molecular weight is 436 g/mol. The second-order valence-electron chi connectivity index (χ2n) is 7.42. The van der Waals surface area contributed by atoms with Gasteiger partial charge in [0.15, 0.2) is 11.5 Å². The molecule has 1 N–H and O–H groups in total. The van der Waals surface area contributed by atoms with Gasteiger partial charge in [-0.05, 0) is 68.8 Å². The molecule has 0 fully saturated rings. The van der Waals surface area contributed by atoms with Crippen molar-refractivity contribution in [3.05, 3.63) is 69.8 Å². The molecule has 0 aliphatic heterocycles. The van der Waals surface area contributed by atoms with Crippen LogP contribution in [0.2, 0.25) is 5.02 Å². The number of rotatable bonds is 9. The Bertz CT molecular complexity index is 803. The fourth-order valence-electron chi connectivity index (χ4n) is 3.47. The fraction of sp³-hybridized carbons (Fsp3) is 0.417. The van der Waals surface area contributed by atoms with E-state index in [1.54, 1.807) is 12.7 Å². The van der Waals surface area contributed by atoms with Gasteiger partial charge in [0, 0.05) is 6.54 Å². The van der Waals surface area contributed by atoms with E-state index in [9.17, 15) is 0 Å². The van der Waals surface area contributed by atoms with Crippen LogP contribution in [0.4, 0.5) is 0 Å². The van der Waals surface area contributed by atoms with Gasteiger partial charge in [-0.3, -0.25) is 0 Å². The molecule has 0 saturated heterocycles. The maximum absolute atomic E-state index is 6.50. The van der Waals surface area contributed by atoms with E-state index >= 15 is 0 Å². The van der Waals surface area contributed by atoms with Crippen molar-refractivity contribution in [3.8, 4) is 11.5 Å². The van der Waals surface area contributed by atoms with E-state index in [4.69, 9.17) is 21.1 Å². The topological polar surface area (TPSA) is 30.5 Å². The van der Waals surface area contributed by atoms with Crippen molar-refractivity contribution in [2.75, 3.05) is 13.7 Å². The van der Waals surface area contributed by atoms with E-state index in [1.165, 1.54) is 31.2 Å². The van der Waals surface area contributed by atoms with Crippen LogP contribution in [0.25, 0.3) is 0 Å². The maximum Gasteiger partial charge on any atom is 0.180 e. The zero-order valence-electron chi connectivity index (χ0n) is 17.3. The minimum absolute atomic E-state index is 0. The second kappa shape index (κ2) is 12.1. The number of benzene rings is 2. The van der Waals surface area contributed by atoms with Crippen molar-refractivity contribution >= 4 is 24.0 Å². The minimum Gasteiger partial charge on any atom is -0.493 e. The van der Waals surface area contributed by atoms with Crippen molar-refractivity contribution in [1.29, 1.82) is 0 Å². The first-order chi connectivity index (χ1) is 13.7. The van der Waals surface area contributed by atoms with Gasteiger partial charge in [-0.1, -0.05) is 53.1 Å². The molecule has 3 nitrogen and oxygen atoms in total. The molecular formula is C24H31Cl2NO2. The van der Waals surface area contributed by atoms with E-state index in [1.807, 2.05) is 12.1 Å². The normalized spacial score (nSPS) is 13.4. The number of nitrogens with one attached hydrogen (secondary N) is 1. The highest BCUT2D eigenvalue weighted by Crippen LogP contribution is 2.37. The third-order valence-electron chi connectivity index (χ3n) is 5.13. The lowest BCUT2D eigenvalue weighted by Crippen LogP contribution is -2.16. The number of hydrogen-bond donors (Lipinski definition) is 1. The van der Waals surface area contributed by atoms with Crippen LogP contribution in [0.5, 0.6) is 11.5 Å². The number of allylic oxidation sites excluding steroid dienone is 1. The molecule has 2 aromatic rings. The predicted molar refractivity (Wildman–Crippen MR) is 124 cm³/mol. The van der Waals surface area contributed by atoms with E-state index in [0.717, 1.165) is 30.6 Å². The fourth-order valence-corrected chi connectivity index (χ4v) is 3.76. The molecule has 0 aromatic heterocycles. The Kier molecular flexibility index (Phi) is 9.86. The monoisotopic (exact) mass is 435 g/mol. The number of aryl methyl sites for hydroxylation is 1. The van der Waals surface area contributed by atoms with E-state index in [2.05, 4.69) is 42.6 Å². The van der Waals surface area contributed by atoms with E-state index < -0.39 is 0 Å². The lowest BCUT2D eigenvalue weighted by atomic mass is 9.97. The Labute approximate surface area is 185 Å². The van der Waals surface area contributed by atoms with Crippen molar-refractivity contribution < 1.29 is 9.47 Å². The molecule has 5 heteroatoms. The van der Waals surface area contributed by atoms with Gasteiger partial charge in [-0.15, -0.1) is 12.4 Å². The number of hydrogen-bond acceptors (Lipinski definition) is 3. The lowest BCUT2D eigenvalue weighted by Gasteiger charge is -2.15. The summed E-state index contributed by atoms with van der Waals surface area (Å²) in [6.07, 6.45) is 8.71. The Morgan fingerprint density at radius 2 is 1.86 bits per heavy atom. The molecule has 3 rings (SSSR count). The Hall–Kier alpha value is -1.68. The van der Waals surface area contributed by atoms with Gasteiger partial charge in [0.25, 0.3) is 0 Å². The van der Waals surface area contributed by atoms with Crippen molar-refractivity contribution in [2.45, 2.75) is 52.2 Å². The highest BCUT2D eigenvalue weighted by molar-refractivity contribution is 6.32. The van der Waals surface area contributed by atoms with Gasteiger partial charge in [0.05, 0.1) is 12.1 Å². The lowest BCUT2D eigenvalue weighted by molar-refractivity contribution is 0.284. The van der Waals surface area contributed by atoms with Crippen molar-refractivity contribution in [3.63, 3.8) is 0 Å². The summed E-state index contributed by atoms with van der Waals surface area (Å²) in [5, 5.41) is 4.10. The zero-order chi connectivity index (χ0) is 19.8. The van der Waals surface area contributed by atoms with Crippen LogP contribution in [-0.4, -0.2) is 13.7 Å². The summed E-state index contributed by atoms with van der Waals surface area (Å²) >= 11 is 6.50. The first-order valence-corrected chi connectivity index (χ1v) is 10.5. The SMILES string of the molecule is COc1cc(CNCCC2=CCCCC2)cc(Cl)c1OCc1ccc(C)cc1.Cl. The average Bonchev–Trinajstić information content (AvgIpc) is 2.72. The number of halogens is 2. The summed E-state index contributed by atoms with van der Waals surface area (Å²) in [6.45, 7) is 4.28. The van der Waals surface area contributed by atoms with Gasteiger partial charge in [-0.2, -0.15) is 0 Å². The maximum atomic E-state index is 6.50. The third kappa shape index (κ3) is 7.26. The molecule has 1 aliphatic carbocycles. The molecule has 2 aromatic carbocycles. The van der Waals surface area contributed by atoms with Crippen LogP contribution in [0.3, 0.4) is 0 Å². The number of ether oxygens (including phenoxy) is 2. The van der Waals surface area contributed by atoms with Gasteiger partial charge in [0.2, 0.25) is 0 Å². The van der Waals surface area contributed by atoms with Crippen molar-refractivity contribution in [2.24, 2.45) is 0 Å². The van der Waals surface area contributed by atoms with Crippen LogP contribution >= 0.6 is 24.0 Å². The summed E-state index contributed by atoms with van der Waals surface area (Å²) in [7, 11) is 1.65. The van der Waals surface area contributed by atoms with Crippen LogP contribution < -0.4 is 14.8 Å². The summed E-state index contributed by atoms with van der Waals surface area (Å²) in [5.74, 6) is 1.27. The number of methoxy groups -OCH3 is 1. The molecule has 0 saturated carbocycles. The summed E-state index contributed by atoms with van der Waals surface area (Å²) in [5.41, 5.74) is 5.03. The van der Waals surface area contributed by atoms with Crippen molar-refractivity contribution in [1.82, 2.24) is 5.32 Å². The molecule has 1 aliphatic rings. The minimum atomic E-state index is 0. The molecule has 0 radical (unpaired) electrons. The first kappa shape index (κ1) is 23.6. The van der Waals surface area contributed by atoms with Gasteiger partial charge < -0.3 is 14.8 Å². The molecule has 0 bridgehead atoms. The molecule has 158 valence electrons. The predicted octanol–water partition coefficient (Wildman–Crippen LogP) is 6.64. The molecule has 0 atom stereocenters. The third-order valence-corrected chi connectivity index (χ3v) is 5.41. The molecule has 0 heterocycles. The van der Waals surface area contributed by atoms with E-state index in [-0.39, 0.29) is 12.4 Å². The first-order valence-electron chi connectivity index (χ1n) is 10.1. The summed E-state index contributed by atoms with van der Waals surface area (Å²) < 4.78 is 11.5. The zero-order valence-corrected chi connectivity index (χ0v) is 18.9. The standard InChI is InChI=1S/C24H30ClNO2.ClH/c1-18-8-10-20(11-9-18)17-28-24-22(25)14-21(15-23(24)27-2)16-26-13-12-19-6-4-3-5-7-19;/h6,8-11,14-15,26H,3-5,7,12-13,16-17H2,1-2H3;1H. The Balaban J connectivity index is 0.00000300. The van der Waals surface area contributed by atoms with Crippen LogP contribution in [0, 0.1) is 6.92 Å². The van der Waals surface area contributed by atoms with Crippen LogP contribution in [0.1, 0.15) is 48.8 Å². The molecule has 29 heavy (non-hydrogen) atoms. The molecule has 0 spiro atoms. The largest absolute Gasteiger partial charge is 0.493 e. The summed E-state index contributed by atoms with van der Waals surface area (Å²) in [4.78, 5) is 0. The molecule has 0 amide bonds.